The molecule has 0 fully saturated rings. The van der Waals surface area contributed by atoms with Crippen LogP contribution < -0.4 is 10.6 Å². The minimum Gasteiger partial charge on any atom is -0.463 e. The van der Waals surface area contributed by atoms with Crippen LogP contribution in [0.5, 0.6) is 0 Å². The van der Waals surface area contributed by atoms with Gasteiger partial charge in [0.05, 0.1) is 13.1 Å². The first-order chi connectivity index (χ1) is 8.78. The number of nitrogens with zero attached hydrogens (tertiary/aromatic N) is 1. The van der Waals surface area contributed by atoms with Crippen molar-refractivity contribution in [2.24, 2.45) is 5.73 Å². The molecular formula is C15H18N2O. The standard InChI is InChI=1S/C15H18N2O/c1-11-8-13(18-15(11)9-16)10-17-7-6-12-4-2-3-5-14(12)17/h2-5,8H,6-7,9-10,16H2,1H3. The van der Waals surface area contributed by atoms with Crippen molar-refractivity contribution in [3.8, 4) is 0 Å². The highest BCUT2D eigenvalue weighted by Gasteiger charge is 2.19. The van der Waals surface area contributed by atoms with Crippen LogP contribution in [0.15, 0.2) is 34.7 Å². The second kappa shape index (κ2) is 4.50. The average molecular weight is 242 g/mol. The molecule has 0 bridgehead atoms. The Morgan fingerprint density at radius 1 is 1.33 bits per heavy atom. The molecular weight excluding hydrogens is 224 g/mol. The van der Waals surface area contributed by atoms with Gasteiger partial charge in [0.25, 0.3) is 0 Å². The van der Waals surface area contributed by atoms with Crippen molar-refractivity contribution in [3.63, 3.8) is 0 Å². The summed E-state index contributed by atoms with van der Waals surface area (Å²) >= 11 is 0. The normalized spacial score (nSPS) is 14.0. The van der Waals surface area contributed by atoms with Gasteiger partial charge in [-0.25, -0.2) is 0 Å². The second-order valence-electron chi connectivity index (χ2n) is 4.82. The van der Waals surface area contributed by atoms with Gasteiger partial charge in [-0.1, -0.05) is 18.2 Å². The van der Waals surface area contributed by atoms with Gasteiger partial charge in [-0.15, -0.1) is 0 Å². The molecule has 3 nitrogen and oxygen atoms in total. The Hall–Kier alpha value is -1.74. The van der Waals surface area contributed by atoms with Crippen molar-refractivity contribution in [3.05, 3.63) is 53.0 Å². The zero-order valence-corrected chi connectivity index (χ0v) is 10.6. The molecule has 2 N–H and O–H groups in total. The van der Waals surface area contributed by atoms with Crippen molar-refractivity contribution in [2.75, 3.05) is 11.4 Å². The van der Waals surface area contributed by atoms with E-state index in [1.807, 2.05) is 6.92 Å². The van der Waals surface area contributed by atoms with Crippen LogP contribution in [0, 0.1) is 6.92 Å². The number of furan rings is 1. The smallest absolute Gasteiger partial charge is 0.123 e. The minimum absolute atomic E-state index is 0.475. The highest BCUT2D eigenvalue weighted by Crippen LogP contribution is 2.29. The van der Waals surface area contributed by atoms with E-state index in [2.05, 4.69) is 35.2 Å². The van der Waals surface area contributed by atoms with Crippen molar-refractivity contribution in [1.29, 1.82) is 0 Å². The van der Waals surface area contributed by atoms with Crippen molar-refractivity contribution in [1.82, 2.24) is 0 Å². The van der Waals surface area contributed by atoms with Gasteiger partial charge in [0.15, 0.2) is 0 Å². The van der Waals surface area contributed by atoms with Crippen molar-refractivity contribution < 1.29 is 4.42 Å². The Labute approximate surface area is 107 Å². The van der Waals surface area contributed by atoms with E-state index in [1.165, 1.54) is 11.3 Å². The fourth-order valence-electron chi connectivity index (χ4n) is 2.63. The molecule has 3 heteroatoms. The van der Waals surface area contributed by atoms with Gasteiger partial charge in [-0.3, -0.25) is 0 Å². The lowest BCUT2D eigenvalue weighted by Gasteiger charge is -2.17. The number of anilines is 1. The van der Waals surface area contributed by atoms with Gasteiger partial charge < -0.3 is 15.1 Å². The molecule has 0 atom stereocenters. The number of nitrogens with two attached hydrogens (primary N) is 1. The quantitative estimate of drug-likeness (QED) is 0.899. The molecule has 1 aromatic carbocycles. The van der Waals surface area contributed by atoms with Gasteiger partial charge >= 0.3 is 0 Å². The van der Waals surface area contributed by atoms with Gasteiger partial charge in [-0.05, 0) is 36.6 Å². The lowest BCUT2D eigenvalue weighted by molar-refractivity contribution is 0.461. The van der Waals surface area contributed by atoms with Crippen LogP contribution in [-0.2, 0) is 19.5 Å². The molecule has 2 heterocycles. The lowest BCUT2D eigenvalue weighted by atomic mass is 10.2. The summed E-state index contributed by atoms with van der Waals surface area (Å²) in [5.41, 5.74) is 9.56. The Morgan fingerprint density at radius 3 is 2.94 bits per heavy atom. The van der Waals surface area contributed by atoms with Gasteiger partial charge in [0.1, 0.15) is 11.5 Å². The lowest BCUT2D eigenvalue weighted by Crippen LogP contribution is -2.19. The molecule has 1 aliphatic heterocycles. The van der Waals surface area contributed by atoms with Crippen molar-refractivity contribution in [2.45, 2.75) is 26.4 Å². The van der Waals surface area contributed by atoms with E-state index in [-0.39, 0.29) is 0 Å². The summed E-state index contributed by atoms with van der Waals surface area (Å²) < 4.78 is 5.77. The monoisotopic (exact) mass is 242 g/mol. The number of benzene rings is 1. The van der Waals surface area contributed by atoms with E-state index in [4.69, 9.17) is 10.2 Å². The summed E-state index contributed by atoms with van der Waals surface area (Å²) in [5.74, 6) is 1.90. The van der Waals surface area contributed by atoms with Crippen LogP contribution in [0.4, 0.5) is 5.69 Å². The third-order valence-corrected chi connectivity index (χ3v) is 3.59. The maximum Gasteiger partial charge on any atom is 0.123 e. The summed E-state index contributed by atoms with van der Waals surface area (Å²) in [7, 11) is 0. The molecule has 18 heavy (non-hydrogen) atoms. The van der Waals surface area contributed by atoms with Gasteiger partial charge in [0.2, 0.25) is 0 Å². The van der Waals surface area contributed by atoms with Crippen LogP contribution in [0.25, 0.3) is 0 Å². The zero-order valence-electron chi connectivity index (χ0n) is 10.6. The van der Waals surface area contributed by atoms with E-state index < -0.39 is 0 Å². The molecule has 0 saturated heterocycles. The summed E-state index contributed by atoms with van der Waals surface area (Å²) in [5, 5.41) is 0. The highest BCUT2D eigenvalue weighted by atomic mass is 16.3. The van der Waals surface area contributed by atoms with Crippen LogP contribution in [0.3, 0.4) is 0 Å². The van der Waals surface area contributed by atoms with Crippen LogP contribution >= 0.6 is 0 Å². The number of fused-ring (bicyclic) bond motifs is 1. The van der Waals surface area contributed by atoms with E-state index in [1.54, 1.807) is 0 Å². The number of hydrogen-bond acceptors (Lipinski definition) is 3. The summed E-state index contributed by atoms with van der Waals surface area (Å²) in [6.07, 6.45) is 1.12. The maximum absolute atomic E-state index is 5.77. The number of para-hydroxylation sites is 1. The fraction of sp³-hybridized carbons (Fsp3) is 0.333. The molecule has 2 aromatic rings. The fourth-order valence-corrected chi connectivity index (χ4v) is 2.63. The van der Waals surface area contributed by atoms with E-state index in [9.17, 15) is 0 Å². The van der Waals surface area contributed by atoms with Crippen molar-refractivity contribution >= 4 is 5.69 Å². The molecule has 1 aromatic heterocycles. The zero-order chi connectivity index (χ0) is 12.5. The first-order valence-corrected chi connectivity index (χ1v) is 6.39. The number of aryl methyl sites for hydroxylation is 1. The second-order valence-corrected chi connectivity index (χ2v) is 4.82. The molecule has 0 spiro atoms. The Balaban J connectivity index is 1.82. The topological polar surface area (TPSA) is 42.4 Å². The predicted octanol–water partition coefficient (Wildman–Crippen LogP) is 2.61. The summed E-state index contributed by atoms with van der Waals surface area (Å²) in [4.78, 5) is 2.37. The third-order valence-electron chi connectivity index (χ3n) is 3.59. The first kappa shape index (κ1) is 11.4. The first-order valence-electron chi connectivity index (χ1n) is 6.39. The van der Waals surface area contributed by atoms with E-state index in [0.29, 0.717) is 6.54 Å². The molecule has 94 valence electrons. The molecule has 0 unspecified atom stereocenters. The molecule has 0 radical (unpaired) electrons. The minimum atomic E-state index is 0.475. The Morgan fingerprint density at radius 2 is 2.17 bits per heavy atom. The SMILES string of the molecule is Cc1cc(CN2CCc3ccccc32)oc1CN. The molecule has 0 amide bonds. The molecule has 0 aliphatic carbocycles. The predicted molar refractivity (Wildman–Crippen MR) is 72.5 cm³/mol. The molecule has 3 rings (SSSR count). The largest absolute Gasteiger partial charge is 0.463 e. The molecule has 0 saturated carbocycles. The van der Waals surface area contributed by atoms with Gasteiger partial charge in [-0.2, -0.15) is 0 Å². The maximum atomic E-state index is 5.77. The Kier molecular flexibility index (Phi) is 2.84. The number of rotatable bonds is 3. The van der Waals surface area contributed by atoms with E-state index >= 15 is 0 Å². The molecule has 1 aliphatic rings. The van der Waals surface area contributed by atoms with Gasteiger partial charge in [0, 0.05) is 12.2 Å². The van der Waals surface area contributed by atoms with Crippen LogP contribution in [0.1, 0.15) is 22.6 Å². The third kappa shape index (κ3) is 1.91. The Bertz CT molecular complexity index is 559. The number of hydrogen-bond donors (Lipinski definition) is 1. The highest BCUT2D eigenvalue weighted by molar-refractivity contribution is 5.57. The average Bonchev–Trinajstić information content (AvgIpc) is 2.94. The van der Waals surface area contributed by atoms with Crippen LogP contribution in [0.2, 0.25) is 0 Å². The van der Waals surface area contributed by atoms with E-state index in [0.717, 1.165) is 36.6 Å². The van der Waals surface area contributed by atoms with Crippen LogP contribution in [-0.4, -0.2) is 6.54 Å². The summed E-state index contributed by atoms with van der Waals surface area (Å²) in [6, 6.07) is 10.7. The summed E-state index contributed by atoms with van der Waals surface area (Å²) in [6.45, 7) is 4.42.